The molecule has 20 heavy (non-hydrogen) atoms. The summed E-state index contributed by atoms with van der Waals surface area (Å²) < 4.78 is 26.6. The van der Waals surface area contributed by atoms with E-state index >= 15 is 0 Å². The molecular weight excluding hydrogens is 336 g/mol. The number of hydrogen-bond donors (Lipinski definition) is 1. The third-order valence-electron chi connectivity index (χ3n) is 2.68. The molecule has 0 radical (unpaired) electrons. The first-order valence-corrected chi connectivity index (χ1v) is 8.51. The van der Waals surface area contributed by atoms with Crippen molar-refractivity contribution in [2.75, 3.05) is 11.4 Å². The zero-order valence-electron chi connectivity index (χ0n) is 10.4. The molecule has 0 amide bonds. The average molecular weight is 347 g/mol. The summed E-state index contributed by atoms with van der Waals surface area (Å²) in [5, 5.41) is 0. The number of nitrogens with zero attached hydrogens (tertiary/aromatic N) is 1. The fourth-order valence-electron chi connectivity index (χ4n) is 1.55. The van der Waals surface area contributed by atoms with Crippen LogP contribution in [0.1, 0.15) is 5.56 Å². The average Bonchev–Trinajstić information content (AvgIpc) is 2.85. The van der Waals surface area contributed by atoms with Gasteiger partial charge in [-0.25, -0.2) is 8.42 Å². The standard InChI is InChI=1S/C12H11ClN2O2S3/c1-15(9-4-2-8(3-5-9)12(14)18)20(16,17)11-7-6-10(13)19-11/h2-7H,1H3,(H2,14,18). The fraction of sp³-hybridized carbons (Fsp3) is 0.0833. The van der Waals surface area contributed by atoms with Crippen molar-refractivity contribution in [1.29, 1.82) is 0 Å². The summed E-state index contributed by atoms with van der Waals surface area (Å²) >= 11 is 11.7. The van der Waals surface area contributed by atoms with Gasteiger partial charge in [-0.05, 0) is 36.4 Å². The number of nitrogens with two attached hydrogens (primary N) is 1. The zero-order valence-corrected chi connectivity index (χ0v) is 13.6. The van der Waals surface area contributed by atoms with E-state index in [0.29, 0.717) is 15.6 Å². The molecule has 106 valence electrons. The highest BCUT2D eigenvalue weighted by Gasteiger charge is 2.23. The van der Waals surface area contributed by atoms with Gasteiger partial charge in [-0.3, -0.25) is 4.31 Å². The van der Waals surface area contributed by atoms with Gasteiger partial charge in [0.2, 0.25) is 0 Å². The molecule has 1 aromatic carbocycles. The maximum atomic E-state index is 12.4. The van der Waals surface area contributed by atoms with Crippen molar-refractivity contribution >= 4 is 55.9 Å². The SMILES string of the molecule is CN(c1ccc(C(N)=S)cc1)S(=O)(=O)c1ccc(Cl)s1. The van der Waals surface area contributed by atoms with E-state index in [1.165, 1.54) is 17.4 Å². The van der Waals surface area contributed by atoms with E-state index in [-0.39, 0.29) is 9.20 Å². The van der Waals surface area contributed by atoms with Crippen LogP contribution in [0.3, 0.4) is 0 Å². The second-order valence-electron chi connectivity index (χ2n) is 3.94. The van der Waals surface area contributed by atoms with Crippen LogP contribution in [0.4, 0.5) is 5.69 Å². The molecule has 1 heterocycles. The number of anilines is 1. The van der Waals surface area contributed by atoms with E-state index < -0.39 is 10.0 Å². The van der Waals surface area contributed by atoms with Gasteiger partial charge in [0.05, 0.1) is 10.0 Å². The highest BCUT2D eigenvalue weighted by molar-refractivity contribution is 7.94. The predicted molar refractivity (Wildman–Crippen MR) is 87.2 cm³/mol. The molecule has 0 fully saturated rings. The minimum atomic E-state index is -3.60. The van der Waals surface area contributed by atoms with Gasteiger partial charge in [0.1, 0.15) is 9.20 Å². The van der Waals surface area contributed by atoms with Crippen molar-refractivity contribution < 1.29 is 8.42 Å². The molecule has 2 aromatic rings. The zero-order chi connectivity index (χ0) is 14.9. The van der Waals surface area contributed by atoms with Crippen LogP contribution >= 0.6 is 35.2 Å². The second-order valence-corrected chi connectivity index (χ2v) is 8.29. The molecule has 0 spiro atoms. The minimum absolute atomic E-state index is 0.198. The van der Waals surface area contributed by atoms with Crippen molar-refractivity contribution in [1.82, 2.24) is 0 Å². The van der Waals surface area contributed by atoms with Crippen LogP contribution in [0.5, 0.6) is 0 Å². The van der Waals surface area contributed by atoms with Crippen molar-refractivity contribution in [3.63, 3.8) is 0 Å². The molecule has 0 saturated carbocycles. The van der Waals surface area contributed by atoms with Crippen molar-refractivity contribution in [3.8, 4) is 0 Å². The van der Waals surface area contributed by atoms with E-state index in [2.05, 4.69) is 0 Å². The van der Waals surface area contributed by atoms with Crippen molar-refractivity contribution in [2.45, 2.75) is 4.21 Å². The molecule has 0 aliphatic heterocycles. The lowest BCUT2D eigenvalue weighted by Crippen LogP contribution is -2.25. The molecule has 0 atom stereocenters. The first kappa shape index (κ1) is 15.2. The molecule has 0 bridgehead atoms. The van der Waals surface area contributed by atoms with Crippen LogP contribution in [0.25, 0.3) is 0 Å². The Labute approximate surface area is 131 Å². The summed E-state index contributed by atoms with van der Waals surface area (Å²) in [4.78, 5) is 0.270. The molecule has 0 saturated heterocycles. The third-order valence-corrected chi connectivity index (χ3v) is 6.40. The molecule has 0 unspecified atom stereocenters. The number of thiocarbonyl (C=S) groups is 1. The first-order valence-electron chi connectivity index (χ1n) is 5.46. The molecule has 0 aliphatic rings. The summed E-state index contributed by atoms with van der Waals surface area (Å²) in [7, 11) is -2.12. The Bertz CT molecular complexity index is 738. The van der Waals surface area contributed by atoms with E-state index in [9.17, 15) is 8.42 Å². The number of rotatable bonds is 4. The normalized spacial score (nSPS) is 11.3. The predicted octanol–water partition coefficient (Wildman–Crippen LogP) is 2.86. The van der Waals surface area contributed by atoms with Gasteiger partial charge < -0.3 is 5.73 Å². The Morgan fingerprint density at radius 3 is 2.30 bits per heavy atom. The van der Waals surface area contributed by atoms with Crippen molar-refractivity contribution in [2.24, 2.45) is 5.73 Å². The Balaban J connectivity index is 2.35. The first-order chi connectivity index (χ1) is 9.32. The summed E-state index contributed by atoms with van der Waals surface area (Å²) in [6.45, 7) is 0. The molecule has 2 N–H and O–H groups in total. The molecular formula is C12H11ClN2O2S3. The fourth-order valence-corrected chi connectivity index (χ4v) is 4.53. The summed E-state index contributed by atoms with van der Waals surface area (Å²) in [6.07, 6.45) is 0. The van der Waals surface area contributed by atoms with Gasteiger partial charge in [-0.15, -0.1) is 11.3 Å². The molecule has 2 rings (SSSR count). The molecule has 8 heteroatoms. The van der Waals surface area contributed by atoms with E-state index in [1.807, 2.05) is 0 Å². The lowest BCUT2D eigenvalue weighted by molar-refractivity contribution is 0.596. The van der Waals surface area contributed by atoms with Gasteiger partial charge in [0, 0.05) is 12.6 Å². The quantitative estimate of drug-likeness (QED) is 0.865. The highest BCUT2D eigenvalue weighted by atomic mass is 35.5. The van der Waals surface area contributed by atoms with Crippen molar-refractivity contribution in [3.05, 3.63) is 46.3 Å². The van der Waals surface area contributed by atoms with Crippen LogP contribution in [-0.4, -0.2) is 20.5 Å². The van der Waals surface area contributed by atoms with Gasteiger partial charge >= 0.3 is 0 Å². The maximum Gasteiger partial charge on any atom is 0.273 e. The summed E-state index contributed by atoms with van der Waals surface area (Å²) in [5.41, 5.74) is 6.72. The van der Waals surface area contributed by atoms with Gasteiger partial charge in [-0.1, -0.05) is 23.8 Å². The molecule has 0 aliphatic carbocycles. The smallest absolute Gasteiger partial charge is 0.273 e. The highest BCUT2D eigenvalue weighted by Crippen LogP contribution is 2.30. The molecule has 1 aromatic heterocycles. The topological polar surface area (TPSA) is 63.4 Å². The van der Waals surface area contributed by atoms with Crippen LogP contribution in [0.15, 0.2) is 40.6 Å². The lowest BCUT2D eigenvalue weighted by atomic mass is 10.2. The van der Waals surface area contributed by atoms with Gasteiger partial charge in [0.15, 0.2) is 0 Å². The number of halogens is 1. The van der Waals surface area contributed by atoms with Gasteiger partial charge in [-0.2, -0.15) is 0 Å². The Hall–Kier alpha value is -1.15. The minimum Gasteiger partial charge on any atom is -0.389 e. The number of benzene rings is 1. The number of hydrogen-bond acceptors (Lipinski definition) is 4. The van der Waals surface area contributed by atoms with E-state index in [1.54, 1.807) is 30.3 Å². The van der Waals surface area contributed by atoms with E-state index in [4.69, 9.17) is 29.6 Å². The molecule has 4 nitrogen and oxygen atoms in total. The summed E-state index contributed by atoms with van der Waals surface area (Å²) in [6, 6.07) is 9.73. The largest absolute Gasteiger partial charge is 0.389 e. The monoisotopic (exact) mass is 346 g/mol. The van der Waals surface area contributed by atoms with E-state index in [0.717, 1.165) is 11.3 Å². The van der Waals surface area contributed by atoms with Gasteiger partial charge in [0.25, 0.3) is 10.0 Å². The Kier molecular flexibility index (Phi) is 4.33. The second kappa shape index (κ2) is 5.69. The van der Waals surface area contributed by atoms with Crippen LogP contribution in [0, 0.1) is 0 Å². The summed E-state index contributed by atoms with van der Waals surface area (Å²) in [5.74, 6) is 0. The Morgan fingerprint density at radius 2 is 1.85 bits per heavy atom. The Morgan fingerprint density at radius 1 is 1.25 bits per heavy atom. The van der Waals surface area contributed by atoms with Crippen LogP contribution < -0.4 is 10.0 Å². The maximum absolute atomic E-state index is 12.4. The van der Waals surface area contributed by atoms with Crippen LogP contribution in [-0.2, 0) is 10.0 Å². The third kappa shape index (κ3) is 2.95. The number of thiophene rings is 1. The van der Waals surface area contributed by atoms with Crippen LogP contribution in [0.2, 0.25) is 4.34 Å². The number of sulfonamides is 1. The lowest BCUT2D eigenvalue weighted by Gasteiger charge is -2.18.